The first-order chi connectivity index (χ1) is 11.5. The summed E-state index contributed by atoms with van der Waals surface area (Å²) < 4.78 is 0. The molecule has 2 N–H and O–H groups in total. The summed E-state index contributed by atoms with van der Waals surface area (Å²) in [4.78, 5) is 25.7. The molecule has 6 heteroatoms. The quantitative estimate of drug-likeness (QED) is 0.869. The van der Waals surface area contributed by atoms with Gasteiger partial charge in [-0.15, -0.1) is 0 Å². The number of carbonyl (C=O) groups excluding carboxylic acids is 2. The lowest BCUT2D eigenvalue weighted by atomic mass is 10.1. The van der Waals surface area contributed by atoms with Crippen molar-refractivity contribution < 1.29 is 9.59 Å². The molecule has 24 heavy (non-hydrogen) atoms. The molecule has 1 unspecified atom stereocenters. The van der Waals surface area contributed by atoms with Gasteiger partial charge in [0.15, 0.2) is 0 Å². The molecule has 0 aliphatic rings. The summed E-state index contributed by atoms with van der Waals surface area (Å²) >= 11 is 5.88. The van der Waals surface area contributed by atoms with Crippen LogP contribution in [0.2, 0.25) is 5.02 Å². The largest absolute Gasteiger partial charge is 0.325 e. The number of hydrogen-bond acceptors (Lipinski definition) is 3. The molecule has 1 atom stereocenters. The number of urea groups is 1. The number of halogens is 1. The fraction of sp³-hybridized carbons (Fsp3) is 0.222. The molecule has 0 bridgehead atoms. The smallest absolute Gasteiger partial charge is 0.308 e. The van der Waals surface area contributed by atoms with Crippen LogP contribution in [0.5, 0.6) is 0 Å². The summed E-state index contributed by atoms with van der Waals surface area (Å²) in [6, 6.07) is 15.9. The Kier molecular flexibility index (Phi) is 6.35. The van der Waals surface area contributed by atoms with E-state index < -0.39 is 6.03 Å². The van der Waals surface area contributed by atoms with E-state index in [4.69, 9.17) is 11.6 Å². The molecule has 0 saturated carbocycles. The van der Waals surface area contributed by atoms with E-state index in [2.05, 4.69) is 10.6 Å². The highest BCUT2D eigenvalue weighted by Crippen LogP contribution is 2.20. The van der Waals surface area contributed by atoms with Gasteiger partial charge >= 0.3 is 6.03 Å². The Hall–Kier alpha value is -2.37. The highest BCUT2D eigenvalue weighted by Gasteiger charge is 2.16. The molecule has 0 aromatic heterocycles. The van der Waals surface area contributed by atoms with Crippen LogP contribution in [-0.4, -0.2) is 30.4 Å². The van der Waals surface area contributed by atoms with E-state index in [9.17, 15) is 9.59 Å². The van der Waals surface area contributed by atoms with Crippen LogP contribution in [0, 0.1) is 0 Å². The molecule has 126 valence electrons. The second-order valence-corrected chi connectivity index (χ2v) is 5.95. The number of para-hydroxylation sites is 1. The van der Waals surface area contributed by atoms with Crippen LogP contribution in [-0.2, 0) is 4.79 Å². The second-order valence-electron chi connectivity index (χ2n) is 5.51. The van der Waals surface area contributed by atoms with Gasteiger partial charge in [0.1, 0.15) is 0 Å². The number of hydrogen-bond donors (Lipinski definition) is 2. The normalized spacial score (nSPS) is 11.8. The standard InChI is InChI=1S/C18H20ClN3O2/c1-13(14-8-10-15(19)11-9-14)22(2)12-17(23)21-18(24)20-16-6-4-3-5-7-16/h3-11,13H,12H2,1-2H3,(H2,20,21,23,24). The van der Waals surface area contributed by atoms with Gasteiger partial charge < -0.3 is 5.32 Å². The molecule has 0 spiro atoms. The van der Waals surface area contributed by atoms with Crippen molar-refractivity contribution in [2.75, 3.05) is 18.9 Å². The molecule has 0 heterocycles. The van der Waals surface area contributed by atoms with Crippen molar-refractivity contribution in [3.05, 3.63) is 65.2 Å². The van der Waals surface area contributed by atoms with Crippen LogP contribution >= 0.6 is 11.6 Å². The first kappa shape index (κ1) is 18.0. The summed E-state index contributed by atoms with van der Waals surface area (Å²) in [5, 5.41) is 5.60. The van der Waals surface area contributed by atoms with Crippen molar-refractivity contribution >= 4 is 29.2 Å². The van der Waals surface area contributed by atoms with E-state index >= 15 is 0 Å². The molecular weight excluding hydrogens is 326 g/mol. The van der Waals surface area contributed by atoms with Gasteiger partial charge in [-0.3, -0.25) is 15.0 Å². The Morgan fingerprint density at radius 3 is 2.33 bits per heavy atom. The minimum Gasteiger partial charge on any atom is -0.308 e. The van der Waals surface area contributed by atoms with E-state index in [-0.39, 0.29) is 18.5 Å². The third-order valence-electron chi connectivity index (χ3n) is 3.69. The van der Waals surface area contributed by atoms with Crippen molar-refractivity contribution in [1.82, 2.24) is 10.2 Å². The summed E-state index contributed by atoms with van der Waals surface area (Å²) in [6.07, 6.45) is 0. The molecule has 0 aliphatic carbocycles. The fourth-order valence-corrected chi connectivity index (χ4v) is 2.34. The monoisotopic (exact) mass is 345 g/mol. The zero-order valence-electron chi connectivity index (χ0n) is 13.6. The lowest BCUT2D eigenvalue weighted by molar-refractivity contribution is -0.121. The average molecular weight is 346 g/mol. The first-order valence-corrected chi connectivity index (χ1v) is 7.95. The van der Waals surface area contributed by atoms with Crippen LogP contribution < -0.4 is 10.6 Å². The van der Waals surface area contributed by atoms with E-state index in [0.29, 0.717) is 10.7 Å². The SMILES string of the molecule is CC(c1ccc(Cl)cc1)N(C)CC(=O)NC(=O)Nc1ccccc1. The average Bonchev–Trinajstić information content (AvgIpc) is 2.55. The molecule has 2 aromatic carbocycles. The Labute approximate surface area is 146 Å². The number of nitrogens with one attached hydrogen (secondary N) is 2. The predicted molar refractivity (Wildman–Crippen MR) is 96.1 cm³/mol. The van der Waals surface area contributed by atoms with Crippen LogP contribution in [0.25, 0.3) is 0 Å². The summed E-state index contributed by atoms with van der Waals surface area (Å²) in [6.45, 7) is 2.09. The zero-order chi connectivity index (χ0) is 17.5. The van der Waals surface area contributed by atoms with Crippen LogP contribution in [0.4, 0.5) is 10.5 Å². The fourth-order valence-electron chi connectivity index (χ4n) is 2.21. The van der Waals surface area contributed by atoms with Crippen LogP contribution in [0.3, 0.4) is 0 Å². The van der Waals surface area contributed by atoms with Gasteiger partial charge in [0.05, 0.1) is 6.54 Å². The molecule has 0 radical (unpaired) electrons. The molecule has 0 saturated heterocycles. The Morgan fingerprint density at radius 2 is 1.71 bits per heavy atom. The Morgan fingerprint density at radius 1 is 1.08 bits per heavy atom. The van der Waals surface area contributed by atoms with Gasteiger partial charge in [0.25, 0.3) is 0 Å². The summed E-state index contributed by atoms with van der Waals surface area (Å²) in [5.41, 5.74) is 1.68. The molecule has 5 nitrogen and oxygen atoms in total. The molecule has 0 fully saturated rings. The number of amides is 3. The van der Waals surface area contributed by atoms with Crippen LogP contribution in [0.15, 0.2) is 54.6 Å². The maximum atomic E-state index is 12.0. The Bertz CT molecular complexity index is 689. The number of anilines is 1. The van der Waals surface area contributed by atoms with Crippen LogP contribution in [0.1, 0.15) is 18.5 Å². The lowest BCUT2D eigenvalue weighted by Gasteiger charge is -2.24. The summed E-state index contributed by atoms with van der Waals surface area (Å²) in [7, 11) is 1.83. The maximum absolute atomic E-state index is 12.0. The van der Waals surface area contributed by atoms with Crippen molar-refractivity contribution in [2.45, 2.75) is 13.0 Å². The zero-order valence-corrected chi connectivity index (χ0v) is 14.4. The third-order valence-corrected chi connectivity index (χ3v) is 3.94. The van der Waals surface area contributed by atoms with Gasteiger partial charge in [-0.05, 0) is 43.8 Å². The number of nitrogens with zero attached hydrogens (tertiary/aromatic N) is 1. The number of benzene rings is 2. The van der Waals surface area contributed by atoms with Crippen molar-refractivity contribution in [3.63, 3.8) is 0 Å². The van der Waals surface area contributed by atoms with E-state index in [1.165, 1.54) is 0 Å². The Balaban J connectivity index is 1.84. The minimum absolute atomic E-state index is 0.0187. The highest BCUT2D eigenvalue weighted by molar-refractivity contribution is 6.30. The number of likely N-dealkylation sites (N-methyl/N-ethyl adjacent to an activating group) is 1. The van der Waals surface area contributed by atoms with Gasteiger partial charge in [0.2, 0.25) is 5.91 Å². The number of carbonyl (C=O) groups is 2. The van der Waals surface area contributed by atoms with E-state index in [1.54, 1.807) is 24.3 Å². The predicted octanol–water partition coefficient (Wildman–Crippen LogP) is 3.68. The van der Waals surface area contributed by atoms with E-state index in [0.717, 1.165) is 5.56 Å². The first-order valence-electron chi connectivity index (χ1n) is 7.57. The van der Waals surface area contributed by atoms with Gasteiger partial charge in [-0.25, -0.2) is 4.79 Å². The van der Waals surface area contributed by atoms with Gasteiger partial charge in [0, 0.05) is 16.8 Å². The molecular formula is C18H20ClN3O2. The molecule has 0 aliphatic heterocycles. The van der Waals surface area contributed by atoms with Gasteiger partial charge in [-0.2, -0.15) is 0 Å². The molecule has 2 rings (SSSR count). The minimum atomic E-state index is -0.543. The van der Waals surface area contributed by atoms with Crippen molar-refractivity contribution in [2.24, 2.45) is 0 Å². The van der Waals surface area contributed by atoms with Gasteiger partial charge in [-0.1, -0.05) is 41.9 Å². The van der Waals surface area contributed by atoms with E-state index in [1.807, 2.05) is 49.2 Å². The number of imide groups is 1. The maximum Gasteiger partial charge on any atom is 0.325 e. The summed E-state index contributed by atoms with van der Waals surface area (Å²) in [5.74, 6) is -0.369. The van der Waals surface area contributed by atoms with Crippen molar-refractivity contribution in [1.29, 1.82) is 0 Å². The van der Waals surface area contributed by atoms with Crippen molar-refractivity contribution in [3.8, 4) is 0 Å². The number of rotatable bonds is 5. The third kappa shape index (κ3) is 5.37. The second kappa shape index (κ2) is 8.47. The lowest BCUT2D eigenvalue weighted by Crippen LogP contribution is -2.41. The highest BCUT2D eigenvalue weighted by atomic mass is 35.5. The molecule has 3 amide bonds. The topological polar surface area (TPSA) is 61.4 Å². The molecule has 2 aromatic rings.